The lowest BCUT2D eigenvalue weighted by molar-refractivity contribution is -0.132. The van der Waals surface area contributed by atoms with Crippen molar-refractivity contribution in [1.82, 2.24) is 20.4 Å². The van der Waals surface area contributed by atoms with Gasteiger partial charge in [-0.1, -0.05) is 12.8 Å². The summed E-state index contributed by atoms with van der Waals surface area (Å²) in [6.07, 6.45) is 4.97. The van der Waals surface area contributed by atoms with Crippen molar-refractivity contribution in [2.45, 2.75) is 38.6 Å². The highest BCUT2D eigenvalue weighted by Gasteiger charge is 2.23. The smallest absolute Gasteiger partial charge is 0.236 e. The zero-order chi connectivity index (χ0) is 15.1. The van der Waals surface area contributed by atoms with Gasteiger partial charge in [-0.2, -0.15) is 0 Å². The van der Waals surface area contributed by atoms with E-state index in [1.165, 1.54) is 25.7 Å². The number of hydrogen-bond donors (Lipinski definition) is 2. The molecular weight excluding hydrogens is 268 g/mol. The number of carbonyl (C=O) groups excluding carboxylic acids is 2. The fourth-order valence-electron chi connectivity index (χ4n) is 3.08. The molecule has 0 aromatic carbocycles. The Hall–Kier alpha value is -1.14. The van der Waals surface area contributed by atoms with Crippen molar-refractivity contribution in [2.24, 2.45) is 0 Å². The maximum Gasteiger partial charge on any atom is 0.236 e. The van der Waals surface area contributed by atoms with E-state index in [0.29, 0.717) is 25.7 Å². The fourth-order valence-corrected chi connectivity index (χ4v) is 3.08. The van der Waals surface area contributed by atoms with Gasteiger partial charge in [0, 0.05) is 38.8 Å². The highest BCUT2D eigenvalue weighted by molar-refractivity contribution is 5.79. The van der Waals surface area contributed by atoms with Gasteiger partial charge in [-0.3, -0.25) is 14.5 Å². The Balaban J connectivity index is 1.63. The van der Waals surface area contributed by atoms with Crippen molar-refractivity contribution in [3.63, 3.8) is 0 Å². The molecule has 1 aliphatic heterocycles. The Bertz CT molecular complexity index is 348. The summed E-state index contributed by atoms with van der Waals surface area (Å²) in [4.78, 5) is 27.7. The molecule has 1 aliphatic carbocycles. The zero-order valence-corrected chi connectivity index (χ0v) is 13.1. The first-order valence-electron chi connectivity index (χ1n) is 8.19. The molecule has 6 nitrogen and oxygen atoms in total. The van der Waals surface area contributed by atoms with Crippen LogP contribution in [0.25, 0.3) is 0 Å². The number of amides is 2. The summed E-state index contributed by atoms with van der Waals surface area (Å²) in [6.45, 7) is 6.51. The molecule has 2 N–H and O–H groups in total. The van der Waals surface area contributed by atoms with Gasteiger partial charge in [-0.05, 0) is 19.8 Å². The summed E-state index contributed by atoms with van der Waals surface area (Å²) in [5, 5.41) is 6.18. The molecule has 2 aliphatic rings. The first kappa shape index (κ1) is 16.2. The van der Waals surface area contributed by atoms with Crippen LogP contribution in [0.1, 0.15) is 32.6 Å². The Labute approximate surface area is 127 Å². The second-order valence-electron chi connectivity index (χ2n) is 5.97. The van der Waals surface area contributed by atoms with Gasteiger partial charge in [0.05, 0.1) is 13.1 Å². The van der Waals surface area contributed by atoms with E-state index in [4.69, 9.17) is 0 Å². The lowest BCUT2D eigenvalue weighted by atomic mass is 10.2. The zero-order valence-electron chi connectivity index (χ0n) is 13.1. The average molecular weight is 296 g/mol. The molecule has 0 radical (unpaired) electrons. The van der Waals surface area contributed by atoms with Crippen molar-refractivity contribution >= 4 is 11.8 Å². The fraction of sp³-hybridized carbons (Fsp3) is 0.867. The van der Waals surface area contributed by atoms with Gasteiger partial charge in [0.15, 0.2) is 0 Å². The highest BCUT2D eigenvalue weighted by Crippen LogP contribution is 2.17. The van der Waals surface area contributed by atoms with Crippen LogP contribution in [-0.4, -0.2) is 73.5 Å². The van der Waals surface area contributed by atoms with E-state index in [2.05, 4.69) is 15.5 Å². The van der Waals surface area contributed by atoms with Gasteiger partial charge in [0.25, 0.3) is 0 Å². The van der Waals surface area contributed by atoms with Gasteiger partial charge in [-0.25, -0.2) is 0 Å². The predicted octanol–water partition coefficient (Wildman–Crippen LogP) is -0.201. The van der Waals surface area contributed by atoms with E-state index in [9.17, 15) is 9.59 Å². The molecule has 2 rings (SSSR count). The normalized spacial score (nSPS) is 20.7. The molecule has 6 heteroatoms. The Morgan fingerprint density at radius 3 is 2.38 bits per heavy atom. The van der Waals surface area contributed by atoms with Crippen molar-refractivity contribution in [3.05, 3.63) is 0 Å². The first-order valence-corrected chi connectivity index (χ1v) is 8.19. The van der Waals surface area contributed by atoms with E-state index in [0.717, 1.165) is 26.2 Å². The molecule has 120 valence electrons. The number of nitrogens with one attached hydrogen (secondary N) is 2. The third kappa shape index (κ3) is 5.28. The number of likely N-dealkylation sites (N-methyl/N-ethyl adjacent to an activating group) is 1. The third-order valence-electron chi connectivity index (χ3n) is 4.36. The van der Waals surface area contributed by atoms with Crippen molar-refractivity contribution in [1.29, 1.82) is 0 Å². The summed E-state index contributed by atoms with van der Waals surface area (Å²) in [5.41, 5.74) is 0. The largest absolute Gasteiger partial charge is 0.355 e. The molecule has 1 saturated heterocycles. The average Bonchev–Trinajstić information content (AvgIpc) is 2.99. The van der Waals surface area contributed by atoms with Gasteiger partial charge in [0.1, 0.15) is 0 Å². The minimum Gasteiger partial charge on any atom is -0.355 e. The molecule has 0 atom stereocenters. The second kappa shape index (κ2) is 8.34. The minimum absolute atomic E-state index is 0.0696. The van der Waals surface area contributed by atoms with Crippen LogP contribution in [-0.2, 0) is 9.59 Å². The van der Waals surface area contributed by atoms with Crippen LogP contribution in [0.4, 0.5) is 0 Å². The number of hydrogen-bond acceptors (Lipinski definition) is 4. The monoisotopic (exact) mass is 296 g/mol. The van der Waals surface area contributed by atoms with Gasteiger partial charge in [-0.15, -0.1) is 0 Å². The lowest BCUT2D eigenvalue weighted by Gasteiger charge is -2.34. The van der Waals surface area contributed by atoms with E-state index >= 15 is 0 Å². The first-order chi connectivity index (χ1) is 10.2. The Kier molecular flexibility index (Phi) is 6.45. The van der Waals surface area contributed by atoms with Gasteiger partial charge >= 0.3 is 0 Å². The quantitative estimate of drug-likeness (QED) is 0.712. The van der Waals surface area contributed by atoms with Crippen LogP contribution < -0.4 is 10.6 Å². The number of rotatable bonds is 6. The highest BCUT2D eigenvalue weighted by atomic mass is 16.2. The summed E-state index contributed by atoms with van der Waals surface area (Å²) >= 11 is 0. The number of carbonyl (C=O) groups is 2. The van der Waals surface area contributed by atoms with E-state index in [1.54, 1.807) is 0 Å². The summed E-state index contributed by atoms with van der Waals surface area (Å²) < 4.78 is 0. The van der Waals surface area contributed by atoms with Crippen molar-refractivity contribution < 1.29 is 9.59 Å². The Morgan fingerprint density at radius 1 is 1.10 bits per heavy atom. The molecule has 0 aromatic rings. The molecule has 2 amide bonds. The molecule has 2 fully saturated rings. The van der Waals surface area contributed by atoms with Crippen molar-refractivity contribution in [3.8, 4) is 0 Å². The maximum absolute atomic E-state index is 12.2. The van der Waals surface area contributed by atoms with E-state index in [-0.39, 0.29) is 11.8 Å². The standard InChI is InChI=1S/C15H28N4O2/c1-2-16-14(20)12-18-7-9-19(10-8-18)15(21)11-17-13-5-3-4-6-13/h13,17H,2-12H2,1H3,(H,16,20). The molecule has 1 saturated carbocycles. The number of piperazine rings is 1. The molecule has 21 heavy (non-hydrogen) atoms. The molecule has 0 unspecified atom stereocenters. The van der Waals surface area contributed by atoms with Crippen LogP contribution in [0.2, 0.25) is 0 Å². The van der Waals surface area contributed by atoms with Crippen LogP contribution in [0.15, 0.2) is 0 Å². The molecule has 1 heterocycles. The topological polar surface area (TPSA) is 64.7 Å². The minimum atomic E-state index is 0.0696. The van der Waals surface area contributed by atoms with Crippen LogP contribution in [0.3, 0.4) is 0 Å². The van der Waals surface area contributed by atoms with Crippen LogP contribution in [0.5, 0.6) is 0 Å². The number of nitrogens with zero attached hydrogens (tertiary/aromatic N) is 2. The van der Waals surface area contributed by atoms with Gasteiger partial charge < -0.3 is 15.5 Å². The summed E-state index contributed by atoms with van der Waals surface area (Å²) in [7, 11) is 0. The molecular formula is C15H28N4O2. The molecule has 0 spiro atoms. The summed E-state index contributed by atoms with van der Waals surface area (Å²) in [5.74, 6) is 0.264. The second-order valence-corrected chi connectivity index (χ2v) is 5.97. The molecule has 0 bridgehead atoms. The van der Waals surface area contributed by atoms with E-state index < -0.39 is 0 Å². The van der Waals surface area contributed by atoms with Crippen molar-refractivity contribution in [2.75, 3.05) is 45.8 Å². The maximum atomic E-state index is 12.2. The summed E-state index contributed by atoms with van der Waals surface area (Å²) in [6, 6.07) is 0.535. The third-order valence-corrected chi connectivity index (χ3v) is 4.36. The van der Waals surface area contributed by atoms with Gasteiger partial charge in [0.2, 0.25) is 11.8 Å². The van der Waals surface area contributed by atoms with Crippen LogP contribution in [0, 0.1) is 0 Å². The lowest BCUT2D eigenvalue weighted by Crippen LogP contribution is -2.53. The van der Waals surface area contributed by atoms with E-state index in [1.807, 2.05) is 11.8 Å². The SMILES string of the molecule is CCNC(=O)CN1CCN(C(=O)CNC2CCCC2)CC1. The Morgan fingerprint density at radius 2 is 1.76 bits per heavy atom. The molecule has 0 aromatic heterocycles. The van der Waals surface area contributed by atoms with Crippen LogP contribution >= 0.6 is 0 Å². The predicted molar refractivity (Wildman–Crippen MR) is 82.0 cm³/mol.